The second-order valence-corrected chi connectivity index (χ2v) is 5.99. The summed E-state index contributed by atoms with van der Waals surface area (Å²) in [7, 11) is 0. The molecule has 0 bridgehead atoms. The third kappa shape index (κ3) is 1.25. The van der Waals surface area contributed by atoms with Crippen LogP contribution in [0.4, 0.5) is 0 Å². The molecule has 1 heteroatoms. The lowest BCUT2D eigenvalue weighted by Crippen LogP contribution is -2.58. The van der Waals surface area contributed by atoms with Crippen LogP contribution in [0.25, 0.3) is 0 Å². The largest absolute Gasteiger partial charge is 0.310 e. The predicted octanol–water partition coefficient (Wildman–Crippen LogP) is 3.10. The van der Waals surface area contributed by atoms with Crippen LogP contribution in [0.5, 0.6) is 0 Å². The first kappa shape index (κ1) is 9.21. The molecule has 3 unspecified atom stereocenters. The summed E-state index contributed by atoms with van der Waals surface area (Å²) in [6, 6.07) is 1.77. The molecule has 3 fully saturated rings. The van der Waals surface area contributed by atoms with Gasteiger partial charge >= 0.3 is 0 Å². The van der Waals surface area contributed by atoms with Crippen LogP contribution in [0.15, 0.2) is 0 Å². The van der Waals surface area contributed by atoms with Gasteiger partial charge in [0.05, 0.1) is 0 Å². The van der Waals surface area contributed by atoms with Crippen molar-refractivity contribution in [1.29, 1.82) is 0 Å². The van der Waals surface area contributed by atoms with Gasteiger partial charge in [0.1, 0.15) is 0 Å². The summed E-state index contributed by atoms with van der Waals surface area (Å²) in [5.74, 6) is 0.953. The molecule has 0 aromatic rings. The molecule has 0 heterocycles. The molecular formula is C13H23N. The predicted molar refractivity (Wildman–Crippen MR) is 59.2 cm³/mol. The summed E-state index contributed by atoms with van der Waals surface area (Å²) in [6.45, 7) is 2.40. The first-order chi connectivity index (χ1) is 6.80. The van der Waals surface area contributed by atoms with Crippen LogP contribution >= 0.6 is 0 Å². The van der Waals surface area contributed by atoms with Gasteiger partial charge in [-0.25, -0.2) is 0 Å². The van der Waals surface area contributed by atoms with Crippen LogP contribution in [0, 0.1) is 11.3 Å². The highest BCUT2D eigenvalue weighted by molar-refractivity contribution is 5.04. The third-order valence-electron chi connectivity index (χ3n) is 5.30. The fourth-order valence-corrected chi connectivity index (χ4v) is 3.81. The van der Waals surface area contributed by atoms with E-state index in [-0.39, 0.29) is 0 Å². The van der Waals surface area contributed by atoms with Crippen LogP contribution in [0.3, 0.4) is 0 Å². The van der Waals surface area contributed by atoms with E-state index in [4.69, 9.17) is 0 Å². The lowest BCUT2D eigenvalue weighted by molar-refractivity contribution is 0.0418. The van der Waals surface area contributed by atoms with Gasteiger partial charge in [-0.15, -0.1) is 0 Å². The van der Waals surface area contributed by atoms with Gasteiger partial charge in [-0.3, -0.25) is 0 Å². The zero-order valence-corrected chi connectivity index (χ0v) is 9.39. The molecule has 1 N–H and O–H groups in total. The minimum absolute atomic E-state index is 0.773. The standard InChI is InChI=1S/C13H23N/c1-10-4-5-11(10)14-12-6-9-13(12)7-2-3-8-13/h10-12,14H,2-9H2,1H3. The van der Waals surface area contributed by atoms with E-state index >= 15 is 0 Å². The van der Waals surface area contributed by atoms with Crippen LogP contribution in [-0.4, -0.2) is 12.1 Å². The number of nitrogens with one attached hydrogen (secondary N) is 1. The second kappa shape index (κ2) is 3.23. The zero-order valence-electron chi connectivity index (χ0n) is 9.39. The second-order valence-electron chi connectivity index (χ2n) is 5.99. The van der Waals surface area contributed by atoms with Gasteiger partial charge < -0.3 is 5.32 Å². The average molecular weight is 193 g/mol. The molecule has 3 aliphatic carbocycles. The van der Waals surface area contributed by atoms with E-state index in [0.29, 0.717) is 0 Å². The molecule has 0 aromatic carbocycles. The van der Waals surface area contributed by atoms with Crippen molar-refractivity contribution >= 4 is 0 Å². The summed E-state index contributed by atoms with van der Waals surface area (Å²) in [5.41, 5.74) is 0.773. The Hall–Kier alpha value is -0.0400. The summed E-state index contributed by atoms with van der Waals surface area (Å²) in [6.07, 6.45) is 11.9. The fraction of sp³-hybridized carbons (Fsp3) is 1.00. The van der Waals surface area contributed by atoms with Crippen molar-refractivity contribution in [3.8, 4) is 0 Å². The van der Waals surface area contributed by atoms with Crippen molar-refractivity contribution < 1.29 is 0 Å². The molecule has 3 rings (SSSR count). The average Bonchev–Trinajstić information content (AvgIpc) is 2.65. The van der Waals surface area contributed by atoms with Crippen molar-refractivity contribution in [2.75, 3.05) is 0 Å². The van der Waals surface area contributed by atoms with Crippen molar-refractivity contribution in [2.24, 2.45) is 11.3 Å². The van der Waals surface area contributed by atoms with Gasteiger partial charge in [-0.05, 0) is 49.9 Å². The van der Waals surface area contributed by atoms with Crippen LogP contribution in [0.2, 0.25) is 0 Å². The van der Waals surface area contributed by atoms with Crippen LogP contribution in [-0.2, 0) is 0 Å². The fourth-order valence-electron chi connectivity index (χ4n) is 3.81. The normalized spacial score (nSPS) is 44.8. The van der Waals surface area contributed by atoms with Crippen LogP contribution in [0.1, 0.15) is 58.3 Å². The lowest BCUT2D eigenvalue weighted by Gasteiger charge is -2.51. The van der Waals surface area contributed by atoms with Gasteiger partial charge in [0.2, 0.25) is 0 Å². The Balaban J connectivity index is 1.58. The van der Waals surface area contributed by atoms with Crippen molar-refractivity contribution in [3.05, 3.63) is 0 Å². The van der Waals surface area contributed by atoms with E-state index in [1.165, 1.54) is 51.4 Å². The number of hydrogen-bond acceptors (Lipinski definition) is 1. The molecule has 1 nitrogen and oxygen atoms in total. The highest BCUT2D eigenvalue weighted by Gasteiger charge is 2.49. The molecule has 80 valence electrons. The highest BCUT2D eigenvalue weighted by atomic mass is 15.0. The Labute approximate surface area is 87.7 Å². The SMILES string of the molecule is CC1CCC1NC1CCC12CCCC2. The molecule has 1 spiro atoms. The van der Waals surface area contributed by atoms with E-state index in [0.717, 1.165) is 23.4 Å². The number of hydrogen-bond donors (Lipinski definition) is 1. The topological polar surface area (TPSA) is 12.0 Å². The summed E-state index contributed by atoms with van der Waals surface area (Å²) in [4.78, 5) is 0. The van der Waals surface area contributed by atoms with Crippen molar-refractivity contribution in [3.63, 3.8) is 0 Å². The van der Waals surface area contributed by atoms with E-state index in [2.05, 4.69) is 12.2 Å². The number of rotatable bonds is 2. The maximum Gasteiger partial charge on any atom is 0.0126 e. The minimum Gasteiger partial charge on any atom is -0.310 e. The summed E-state index contributed by atoms with van der Waals surface area (Å²) in [5, 5.41) is 3.94. The third-order valence-corrected chi connectivity index (χ3v) is 5.30. The summed E-state index contributed by atoms with van der Waals surface area (Å²) >= 11 is 0. The summed E-state index contributed by atoms with van der Waals surface area (Å²) < 4.78 is 0. The molecule has 3 aliphatic rings. The van der Waals surface area contributed by atoms with Gasteiger partial charge in [0.25, 0.3) is 0 Å². The molecule has 0 aliphatic heterocycles. The molecule has 3 atom stereocenters. The quantitative estimate of drug-likeness (QED) is 0.710. The minimum atomic E-state index is 0.773. The van der Waals surface area contributed by atoms with Crippen molar-refractivity contribution in [1.82, 2.24) is 5.32 Å². The van der Waals surface area contributed by atoms with E-state index in [1.54, 1.807) is 0 Å². The molecule has 0 aromatic heterocycles. The first-order valence-electron chi connectivity index (χ1n) is 6.56. The Kier molecular flexibility index (Phi) is 2.12. The van der Waals surface area contributed by atoms with Gasteiger partial charge in [-0.2, -0.15) is 0 Å². The Morgan fingerprint density at radius 1 is 1.00 bits per heavy atom. The van der Waals surface area contributed by atoms with Gasteiger partial charge in [0, 0.05) is 12.1 Å². The highest BCUT2D eigenvalue weighted by Crippen LogP contribution is 2.53. The Morgan fingerprint density at radius 3 is 2.21 bits per heavy atom. The van der Waals surface area contributed by atoms with Crippen LogP contribution < -0.4 is 5.32 Å². The Bertz CT molecular complexity index is 217. The zero-order chi connectivity index (χ0) is 9.60. The molecule has 0 radical (unpaired) electrons. The van der Waals surface area contributed by atoms with Gasteiger partial charge in [0.15, 0.2) is 0 Å². The maximum absolute atomic E-state index is 3.94. The van der Waals surface area contributed by atoms with Gasteiger partial charge in [-0.1, -0.05) is 19.8 Å². The Morgan fingerprint density at radius 2 is 1.79 bits per heavy atom. The monoisotopic (exact) mass is 193 g/mol. The lowest BCUT2D eigenvalue weighted by atomic mass is 9.62. The molecule has 3 saturated carbocycles. The first-order valence-corrected chi connectivity index (χ1v) is 6.56. The molecular weight excluding hydrogens is 170 g/mol. The smallest absolute Gasteiger partial charge is 0.0126 e. The molecule has 0 amide bonds. The molecule has 0 saturated heterocycles. The van der Waals surface area contributed by atoms with E-state index < -0.39 is 0 Å². The van der Waals surface area contributed by atoms with E-state index in [1.807, 2.05) is 0 Å². The molecule has 14 heavy (non-hydrogen) atoms. The van der Waals surface area contributed by atoms with Crippen molar-refractivity contribution in [2.45, 2.75) is 70.4 Å². The van der Waals surface area contributed by atoms with E-state index in [9.17, 15) is 0 Å². The maximum atomic E-state index is 3.94.